The molecule has 0 amide bonds. The van der Waals surface area contributed by atoms with Gasteiger partial charge in [0.2, 0.25) is 0 Å². The molecule has 0 heterocycles. The molecular weight excluding hydrogens is 112 g/mol. The Hall–Kier alpha value is 0.110. The van der Waals surface area contributed by atoms with Crippen molar-refractivity contribution in [1.82, 2.24) is 0 Å². The average Bonchev–Trinajstić information content (AvgIpc) is 1.68. The third kappa shape index (κ3) is 3.95. The van der Waals surface area contributed by atoms with Gasteiger partial charge in [-0.05, 0) is 6.42 Å². The van der Waals surface area contributed by atoms with E-state index < -0.39 is 11.1 Å². The second-order valence-electron chi connectivity index (χ2n) is 1.17. The molecule has 0 spiro atoms. The Morgan fingerprint density at radius 2 is 2.29 bits per heavy atom. The Balaban J connectivity index is 3.00. The molecule has 0 rings (SSSR count). The van der Waals surface area contributed by atoms with E-state index in [2.05, 4.69) is 4.18 Å². The lowest BCUT2D eigenvalue weighted by Gasteiger charge is -1.90. The molecular formula is C4H10O2S. The van der Waals surface area contributed by atoms with Crippen LogP contribution in [-0.2, 0) is 15.3 Å². The maximum Gasteiger partial charge on any atom is 0.155 e. The summed E-state index contributed by atoms with van der Waals surface area (Å²) in [5.41, 5.74) is 0. The molecule has 0 aromatic carbocycles. The molecule has 0 N–H and O–H groups in total. The molecule has 0 aromatic heterocycles. The number of hydrogen-bond acceptors (Lipinski definition) is 2. The van der Waals surface area contributed by atoms with Crippen LogP contribution in [0.4, 0.5) is 0 Å². The monoisotopic (exact) mass is 122 g/mol. The van der Waals surface area contributed by atoms with E-state index in [4.69, 9.17) is 0 Å². The fourth-order valence-corrected chi connectivity index (χ4v) is 0.750. The van der Waals surface area contributed by atoms with Crippen LogP contribution < -0.4 is 0 Å². The SMILES string of the molecule is CCCS(=O)OC. The Labute approximate surface area is 46.5 Å². The molecule has 3 heteroatoms. The molecule has 2 nitrogen and oxygen atoms in total. The van der Waals surface area contributed by atoms with Gasteiger partial charge in [0.25, 0.3) is 0 Å². The molecule has 0 radical (unpaired) electrons. The summed E-state index contributed by atoms with van der Waals surface area (Å²) in [7, 11) is 1.45. The lowest BCUT2D eigenvalue weighted by atomic mass is 10.6. The summed E-state index contributed by atoms with van der Waals surface area (Å²) in [4.78, 5) is 0. The van der Waals surface area contributed by atoms with E-state index in [0.717, 1.165) is 6.42 Å². The van der Waals surface area contributed by atoms with Crippen LogP contribution in [0.2, 0.25) is 0 Å². The zero-order chi connectivity index (χ0) is 5.70. The highest BCUT2D eigenvalue weighted by molar-refractivity contribution is 7.80. The standard InChI is InChI=1S/C4H10O2S/c1-3-4-7(5)6-2/h3-4H2,1-2H3. The smallest absolute Gasteiger partial charge is 0.155 e. The zero-order valence-electron chi connectivity index (χ0n) is 4.64. The molecule has 0 aliphatic rings. The fourth-order valence-electron chi connectivity index (χ4n) is 0.250. The minimum Gasteiger partial charge on any atom is -0.294 e. The highest BCUT2D eigenvalue weighted by Gasteiger charge is 1.89. The fraction of sp³-hybridized carbons (Fsp3) is 1.00. The van der Waals surface area contributed by atoms with E-state index >= 15 is 0 Å². The van der Waals surface area contributed by atoms with Gasteiger partial charge in [-0.3, -0.25) is 4.18 Å². The van der Waals surface area contributed by atoms with E-state index in [9.17, 15) is 4.21 Å². The lowest BCUT2D eigenvalue weighted by Crippen LogP contribution is -1.95. The molecule has 0 saturated carbocycles. The van der Waals surface area contributed by atoms with Crippen molar-refractivity contribution in [3.63, 3.8) is 0 Å². The quantitative estimate of drug-likeness (QED) is 0.551. The summed E-state index contributed by atoms with van der Waals surface area (Å²) in [6.07, 6.45) is 0.917. The van der Waals surface area contributed by atoms with Crippen LogP contribution in [0.5, 0.6) is 0 Å². The van der Waals surface area contributed by atoms with E-state index in [1.165, 1.54) is 7.11 Å². The molecule has 1 unspecified atom stereocenters. The Morgan fingerprint density at radius 1 is 1.71 bits per heavy atom. The van der Waals surface area contributed by atoms with Gasteiger partial charge in [-0.25, -0.2) is 4.21 Å². The van der Waals surface area contributed by atoms with Crippen LogP contribution in [0.25, 0.3) is 0 Å². The third-order valence-electron chi connectivity index (χ3n) is 0.557. The van der Waals surface area contributed by atoms with Gasteiger partial charge >= 0.3 is 0 Å². The Bertz CT molecular complexity index is 62.7. The topological polar surface area (TPSA) is 26.3 Å². The first-order valence-corrected chi connectivity index (χ1v) is 3.48. The van der Waals surface area contributed by atoms with E-state index in [1.807, 2.05) is 6.92 Å². The summed E-state index contributed by atoms with van der Waals surface area (Å²) in [6, 6.07) is 0. The lowest BCUT2D eigenvalue weighted by molar-refractivity contribution is 0.445. The summed E-state index contributed by atoms with van der Waals surface area (Å²) in [5, 5.41) is 0. The van der Waals surface area contributed by atoms with Gasteiger partial charge < -0.3 is 0 Å². The van der Waals surface area contributed by atoms with Crippen molar-refractivity contribution in [1.29, 1.82) is 0 Å². The maximum absolute atomic E-state index is 10.3. The molecule has 0 aliphatic heterocycles. The van der Waals surface area contributed by atoms with Crippen molar-refractivity contribution < 1.29 is 8.39 Å². The van der Waals surface area contributed by atoms with Crippen LogP contribution in [0.15, 0.2) is 0 Å². The maximum atomic E-state index is 10.3. The third-order valence-corrected chi connectivity index (χ3v) is 1.67. The summed E-state index contributed by atoms with van der Waals surface area (Å²) in [6.45, 7) is 1.97. The molecule has 0 aliphatic carbocycles. The molecule has 44 valence electrons. The highest BCUT2D eigenvalue weighted by atomic mass is 32.2. The largest absolute Gasteiger partial charge is 0.294 e. The van der Waals surface area contributed by atoms with Crippen molar-refractivity contribution >= 4 is 11.1 Å². The van der Waals surface area contributed by atoms with Gasteiger partial charge in [-0.15, -0.1) is 0 Å². The average molecular weight is 122 g/mol. The minimum atomic E-state index is -1.03. The van der Waals surface area contributed by atoms with Crippen LogP contribution >= 0.6 is 0 Å². The van der Waals surface area contributed by atoms with E-state index in [1.54, 1.807) is 0 Å². The molecule has 7 heavy (non-hydrogen) atoms. The van der Waals surface area contributed by atoms with E-state index in [0.29, 0.717) is 5.75 Å². The van der Waals surface area contributed by atoms with Gasteiger partial charge in [-0.1, -0.05) is 6.92 Å². The second kappa shape index (κ2) is 4.27. The zero-order valence-corrected chi connectivity index (χ0v) is 5.46. The Morgan fingerprint density at radius 3 is 2.43 bits per heavy atom. The van der Waals surface area contributed by atoms with Crippen molar-refractivity contribution in [2.45, 2.75) is 13.3 Å². The number of hydrogen-bond donors (Lipinski definition) is 0. The van der Waals surface area contributed by atoms with Gasteiger partial charge in [0, 0.05) is 5.75 Å². The van der Waals surface area contributed by atoms with Gasteiger partial charge in [0.1, 0.15) is 0 Å². The second-order valence-corrected chi connectivity index (χ2v) is 2.52. The van der Waals surface area contributed by atoms with Crippen molar-refractivity contribution in [3.8, 4) is 0 Å². The summed E-state index contributed by atoms with van der Waals surface area (Å²) in [5.74, 6) is 0.649. The van der Waals surface area contributed by atoms with E-state index in [-0.39, 0.29) is 0 Å². The van der Waals surface area contributed by atoms with Crippen LogP contribution in [0.3, 0.4) is 0 Å². The predicted molar refractivity (Wildman–Crippen MR) is 30.3 cm³/mol. The first-order valence-electron chi connectivity index (χ1n) is 2.24. The highest BCUT2D eigenvalue weighted by Crippen LogP contribution is 1.83. The first-order chi connectivity index (χ1) is 3.31. The normalized spacial score (nSPS) is 14.0. The molecule has 0 aromatic rings. The summed E-state index contributed by atoms with van der Waals surface area (Å²) < 4.78 is 14.8. The van der Waals surface area contributed by atoms with Crippen molar-refractivity contribution in [3.05, 3.63) is 0 Å². The van der Waals surface area contributed by atoms with Crippen LogP contribution in [-0.4, -0.2) is 17.1 Å². The van der Waals surface area contributed by atoms with Gasteiger partial charge in [0.05, 0.1) is 7.11 Å². The van der Waals surface area contributed by atoms with Crippen molar-refractivity contribution in [2.24, 2.45) is 0 Å². The molecule has 0 bridgehead atoms. The van der Waals surface area contributed by atoms with Crippen molar-refractivity contribution in [2.75, 3.05) is 12.9 Å². The predicted octanol–water partition coefficient (Wildman–Crippen LogP) is 0.707. The van der Waals surface area contributed by atoms with Crippen LogP contribution in [0, 0.1) is 0 Å². The minimum absolute atomic E-state index is 0.649. The first kappa shape index (κ1) is 7.11. The molecule has 1 atom stereocenters. The van der Waals surface area contributed by atoms with Gasteiger partial charge in [-0.2, -0.15) is 0 Å². The molecule has 0 saturated heterocycles. The number of rotatable bonds is 3. The Kier molecular flexibility index (Phi) is 4.34. The van der Waals surface area contributed by atoms with Crippen LogP contribution in [0.1, 0.15) is 13.3 Å². The molecule has 0 fully saturated rings. The summed E-state index contributed by atoms with van der Waals surface area (Å²) >= 11 is -1.03. The van der Waals surface area contributed by atoms with Gasteiger partial charge in [0.15, 0.2) is 11.1 Å².